The number of amides is 1. The summed E-state index contributed by atoms with van der Waals surface area (Å²) >= 11 is 0. The van der Waals surface area contributed by atoms with Gasteiger partial charge in [-0.1, -0.05) is 18.2 Å². The monoisotopic (exact) mass is 346 g/mol. The second kappa shape index (κ2) is 6.79. The zero-order chi connectivity index (χ0) is 18.1. The maximum absolute atomic E-state index is 12.8. The van der Waals surface area contributed by atoms with E-state index in [4.69, 9.17) is 4.74 Å². The number of hydrogen-bond donors (Lipinski definition) is 0. The van der Waals surface area contributed by atoms with Gasteiger partial charge in [-0.25, -0.2) is 0 Å². The lowest BCUT2D eigenvalue weighted by Crippen LogP contribution is -2.26. The van der Waals surface area contributed by atoms with Crippen molar-refractivity contribution in [1.82, 2.24) is 4.98 Å². The van der Waals surface area contributed by atoms with Crippen LogP contribution in [-0.2, 0) is 4.79 Å². The first-order valence-corrected chi connectivity index (χ1v) is 8.91. The summed E-state index contributed by atoms with van der Waals surface area (Å²) in [5.41, 5.74) is 3.12. The average Bonchev–Trinajstić information content (AvgIpc) is 3.46. The number of nitrogens with zero attached hydrogens (tertiary/aromatic N) is 2. The van der Waals surface area contributed by atoms with E-state index in [0.29, 0.717) is 18.3 Å². The molecule has 1 aromatic heterocycles. The van der Waals surface area contributed by atoms with Crippen molar-refractivity contribution >= 4 is 22.5 Å². The molecule has 2 aromatic carbocycles. The summed E-state index contributed by atoms with van der Waals surface area (Å²) in [7, 11) is 3.53. The molecular formula is C22H22N2O2. The fourth-order valence-corrected chi connectivity index (χ4v) is 3.61. The minimum Gasteiger partial charge on any atom is -0.497 e. The van der Waals surface area contributed by atoms with Crippen molar-refractivity contribution in [1.29, 1.82) is 0 Å². The zero-order valence-corrected chi connectivity index (χ0v) is 15.1. The Labute approximate surface area is 153 Å². The number of aromatic nitrogens is 1. The van der Waals surface area contributed by atoms with Crippen LogP contribution in [0.2, 0.25) is 0 Å². The van der Waals surface area contributed by atoms with Gasteiger partial charge in [-0.3, -0.25) is 9.78 Å². The minimum absolute atomic E-state index is 0.155. The molecule has 0 radical (unpaired) electrons. The second-order valence-electron chi connectivity index (χ2n) is 6.88. The van der Waals surface area contributed by atoms with E-state index >= 15 is 0 Å². The molecular weight excluding hydrogens is 324 g/mol. The van der Waals surface area contributed by atoms with Gasteiger partial charge in [-0.15, -0.1) is 0 Å². The number of ether oxygens (including phenoxy) is 1. The lowest BCUT2D eigenvalue weighted by atomic mass is 10.1. The van der Waals surface area contributed by atoms with Crippen molar-refractivity contribution in [3.8, 4) is 5.75 Å². The summed E-state index contributed by atoms with van der Waals surface area (Å²) in [6, 6.07) is 18.0. The molecule has 4 nitrogen and oxygen atoms in total. The van der Waals surface area contributed by atoms with E-state index in [2.05, 4.69) is 17.1 Å². The second-order valence-corrected chi connectivity index (χ2v) is 6.88. The number of fused-ring (bicyclic) bond motifs is 1. The van der Waals surface area contributed by atoms with Crippen LogP contribution in [0.25, 0.3) is 10.9 Å². The number of benzene rings is 2. The highest BCUT2D eigenvalue weighted by atomic mass is 16.5. The number of methoxy groups -OCH3 is 1. The van der Waals surface area contributed by atoms with Gasteiger partial charge in [0.2, 0.25) is 5.91 Å². The third-order valence-corrected chi connectivity index (χ3v) is 5.26. The van der Waals surface area contributed by atoms with Crippen LogP contribution in [0.5, 0.6) is 5.75 Å². The third-order valence-electron chi connectivity index (χ3n) is 5.26. The first-order valence-electron chi connectivity index (χ1n) is 8.91. The van der Waals surface area contributed by atoms with Crippen LogP contribution in [0.1, 0.15) is 24.3 Å². The topological polar surface area (TPSA) is 42.4 Å². The number of anilines is 1. The molecule has 1 aliphatic carbocycles. The fraction of sp³-hybridized carbons (Fsp3) is 0.273. The van der Waals surface area contributed by atoms with Crippen molar-refractivity contribution in [2.24, 2.45) is 5.92 Å². The molecule has 1 amide bonds. The van der Waals surface area contributed by atoms with E-state index in [1.54, 1.807) is 18.2 Å². The average molecular weight is 346 g/mol. The molecule has 132 valence electrons. The summed E-state index contributed by atoms with van der Waals surface area (Å²) in [6.07, 6.45) is 3.42. The van der Waals surface area contributed by atoms with Gasteiger partial charge in [-0.05, 0) is 60.2 Å². The standard InChI is InChI=1S/C22H22N2O2/c1-24(21-7-3-6-20-18(21)5-4-12-23-20)22(25)14-16-13-19(16)15-8-10-17(26-2)11-9-15/h3-12,16,19H,13-14H2,1-2H3/t16-,19-/m0/s1. The molecule has 2 atom stereocenters. The highest BCUT2D eigenvalue weighted by molar-refractivity contribution is 6.02. The van der Waals surface area contributed by atoms with Gasteiger partial charge in [-0.2, -0.15) is 0 Å². The quantitative estimate of drug-likeness (QED) is 0.688. The van der Waals surface area contributed by atoms with Crippen LogP contribution >= 0.6 is 0 Å². The molecule has 0 spiro atoms. The molecule has 1 heterocycles. The number of hydrogen-bond acceptors (Lipinski definition) is 3. The molecule has 1 fully saturated rings. The van der Waals surface area contributed by atoms with Gasteiger partial charge in [0.1, 0.15) is 5.75 Å². The maximum Gasteiger partial charge on any atom is 0.227 e. The summed E-state index contributed by atoms with van der Waals surface area (Å²) < 4.78 is 5.21. The van der Waals surface area contributed by atoms with E-state index in [1.807, 2.05) is 49.5 Å². The molecule has 4 heteroatoms. The Morgan fingerprint density at radius 3 is 2.73 bits per heavy atom. The van der Waals surface area contributed by atoms with Crippen LogP contribution in [0.15, 0.2) is 60.8 Å². The molecule has 1 saturated carbocycles. The van der Waals surface area contributed by atoms with E-state index in [-0.39, 0.29) is 5.91 Å². The Morgan fingerprint density at radius 1 is 1.15 bits per heavy atom. The van der Waals surface area contributed by atoms with E-state index in [0.717, 1.165) is 28.8 Å². The number of carbonyl (C=O) groups is 1. The van der Waals surface area contributed by atoms with Crippen LogP contribution in [0.3, 0.4) is 0 Å². The summed E-state index contributed by atoms with van der Waals surface area (Å²) in [6.45, 7) is 0. The number of pyridine rings is 1. The Morgan fingerprint density at radius 2 is 1.96 bits per heavy atom. The van der Waals surface area contributed by atoms with Crippen LogP contribution in [0, 0.1) is 5.92 Å². The van der Waals surface area contributed by atoms with Crippen molar-refractivity contribution in [2.75, 3.05) is 19.1 Å². The minimum atomic E-state index is 0.155. The third kappa shape index (κ3) is 3.15. The predicted octanol–water partition coefficient (Wildman–Crippen LogP) is 4.40. The van der Waals surface area contributed by atoms with Crippen molar-refractivity contribution in [2.45, 2.75) is 18.8 Å². The van der Waals surface area contributed by atoms with Crippen molar-refractivity contribution in [3.05, 3.63) is 66.4 Å². The Kier molecular flexibility index (Phi) is 4.33. The zero-order valence-electron chi connectivity index (χ0n) is 15.1. The van der Waals surface area contributed by atoms with Gasteiger partial charge in [0.05, 0.1) is 18.3 Å². The van der Waals surface area contributed by atoms with E-state index < -0.39 is 0 Å². The van der Waals surface area contributed by atoms with Gasteiger partial charge < -0.3 is 9.64 Å². The van der Waals surface area contributed by atoms with Crippen LogP contribution < -0.4 is 9.64 Å². The maximum atomic E-state index is 12.8. The molecule has 0 N–H and O–H groups in total. The fourth-order valence-electron chi connectivity index (χ4n) is 3.61. The molecule has 0 bridgehead atoms. The number of carbonyl (C=O) groups excluding carboxylic acids is 1. The normalized spacial score (nSPS) is 18.5. The predicted molar refractivity (Wildman–Crippen MR) is 104 cm³/mol. The van der Waals surface area contributed by atoms with Crippen molar-refractivity contribution < 1.29 is 9.53 Å². The largest absolute Gasteiger partial charge is 0.497 e. The molecule has 3 aromatic rings. The van der Waals surface area contributed by atoms with Gasteiger partial charge in [0.15, 0.2) is 0 Å². The lowest BCUT2D eigenvalue weighted by molar-refractivity contribution is -0.118. The number of rotatable bonds is 5. The summed E-state index contributed by atoms with van der Waals surface area (Å²) in [4.78, 5) is 18.9. The van der Waals surface area contributed by atoms with Crippen LogP contribution in [0.4, 0.5) is 5.69 Å². The summed E-state index contributed by atoms with van der Waals surface area (Å²) in [5.74, 6) is 1.92. The molecule has 26 heavy (non-hydrogen) atoms. The van der Waals surface area contributed by atoms with Gasteiger partial charge >= 0.3 is 0 Å². The molecule has 0 aliphatic heterocycles. The SMILES string of the molecule is COc1ccc([C@@H]2C[C@H]2CC(=O)N(C)c2cccc3ncccc23)cc1. The molecule has 4 rings (SSSR count). The highest BCUT2D eigenvalue weighted by Crippen LogP contribution is 2.50. The van der Waals surface area contributed by atoms with Crippen LogP contribution in [-0.4, -0.2) is 25.0 Å². The van der Waals surface area contributed by atoms with Crippen molar-refractivity contribution in [3.63, 3.8) is 0 Å². The first-order chi connectivity index (χ1) is 12.7. The summed E-state index contributed by atoms with van der Waals surface area (Å²) in [5, 5.41) is 1.01. The smallest absolute Gasteiger partial charge is 0.227 e. The Balaban J connectivity index is 1.45. The molecule has 0 saturated heterocycles. The first kappa shape index (κ1) is 16.6. The van der Waals surface area contributed by atoms with E-state index in [9.17, 15) is 4.79 Å². The molecule has 1 aliphatic rings. The Bertz CT molecular complexity index is 931. The van der Waals surface area contributed by atoms with E-state index in [1.165, 1.54) is 5.56 Å². The molecule has 0 unspecified atom stereocenters. The Hall–Kier alpha value is -2.88. The van der Waals surface area contributed by atoms with Gasteiger partial charge in [0, 0.05) is 25.1 Å². The highest BCUT2D eigenvalue weighted by Gasteiger charge is 2.40. The van der Waals surface area contributed by atoms with Gasteiger partial charge in [0.25, 0.3) is 0 Å². The lowest BCUT2D eigenvalue weighted by Gasteiger charge is -2.19.